The molecule has 35 heavy (non-hydrogen) atoms. The Hall–Kier alpha value is -3.63. The zero-order valence-corrected chi connectivity index (χ0v) is 19.5. The van der Waals surface area contributed by atoms with Crippen LogP contribution in [0.25, 0.3) is 6.08 Å². The zero-order valence-electron chi connectivity index (χ0n) is 18.7. The molecule has 7 nitrogen and oxygen atoms in total. The Morgan fingerprint density at radius 2 is 1.80 bits per heavy atom. The summed E-state index contributed by atoms with van der Waals surface area (Å²) < 4.78 is 60.1. The Labute approximate surface area is 202 Å². The average Bonchev–Trinajstić information content (AvgIpc) is 3.12. The molecule has 1 fully saturated rings. The maximum Gasteiger partial charge on any atom is 0.246 e. The number of carbonyl (C=O) groups excluding carboxylic acids is 1. The van der Waals surface area contributed by atoms with Gasteiger partial charge in [-0.1, -0.05) is 6.07 Å². The van der Waals surface area contributed by atoms with Crippen molar-refractivity contribution in [2.45, 2.75) is 11.3 Å². The number of hydrogen-bond donors (Lipinski definition) is 0. The second-order valence-electron chi connectivity index (χ2n) is 7.85. The topological polar surface area (TPSA) is 79.8 Å². The van der Waals surface area contributed by atoms with Crippen LogP contribution in [0.2, 0.25) is 0 Å². The highest BCUT2D eigenvalue weighted by molar-refractivity contribution is 7.89. The minimum Gasteiger partial charge on any atom is -0.453 e. The van der Waals surface area contributed by atoms with Gasteiger partial charge in [0.25, 0.3) is 0 Å². The highest BCUT2D eigenvalue weighted by Gasteiger charge is 2.27. The van der Waals surface area contributed by atoms with Crippen LogP contribution in [0, 0.1) is 11.6 Å². The molecule has 1 saturated heterocycles. The van der Waals surface area contributed by atoms with Crippen LogP contribution >= 0.6 is 0 Å². The molecular weight excluding hydrogens is 476 g/mol. The molecule has 0 atom stereocenters. The number of pyridine rings is 1. The first kappa shape index (κ1) is 24.5. The SMILES string of the molecule is O=C(/C=C/c1ccc(Oc2cccnc2)c(F)c1)N1CCCN(S(=O)(=O)c2ccc(F)cc2)CC1. The third kappa shape index (κ3) is 6.09. The molecule has 10 heteroatoms. The van der Waals surface area contributed by atoms with Gasteiger partial charge in [0.15, 0.2) is 11.6 Å². The molecule has 3 aromatic rings. The Kier molecular flexibility index (Phi) is 7.52. The van der Waals surface area contributed by atoms with Crippen LogP contribution in [-0.2, 0) is 14.8 Å². The van der Waals surface area contributed by atoms with Crippen molar-refractivity contribution in [1.82, 2.24) is 14.2 Å². The van der Waals surface area contributed by atoms with Crippen LogP contribution in [-0.4, -0.2) is 54.7 Å². The quantitative estimate of drug-likeness (QED) is 0.478. The summed E-state index contributed by atoms with van der Waals surface area (Å²) in [6.07, 6.45) is 6.34. The summed E-state index contributed by atoms with van der Waals surface area (Å²) in [5.41, 5.74) is 0.477. The third-order valence-corrected chi connectivity index (χ3v) is 7.37. The minimum atomic E-state index is -3.78. The van der Waals surface area contributed by atoms with Gasteiger partial charge in [-0.25, -0.2) is 17.2 Å². The number of nitrogens with zero attached hydrogens (tertiary/aromatic N) is 3. The molecule has 0 aliphatic carbocycles. The third-order valence-electron chi connectivity index (χ3n) is 5.45. The van der Waals surface area contributed by atoms with Crippen molar-refractivity contribution in [2.75, 3.05) is 26.2 Å². The van der Waals surface area contributed by atoms with Crippen LogP contribution < -0.4 is 4.74 Å². The number of carbonyl (C=O) groups is 1. The molecule has 2 heterocycles. The van der Waals surface area contributed by atoms with E-state index in [4.69, 9.17) is 4.74 Å². The van der Waals surface area contributed by atoms with Crippen molar-refractivity contribution >= 4 is 22.0 Å². The number of benzene rings is 2. The van der Waals surface area contributed by atoms with Crippen molar-refractivity contribution in [3.05, 3.63) is 90.3 Å². The molecule has 1 amide bonds. The van der Waals surface area contributed by atoms with Gasteiger partial charge in [-0.15, -0.1) is 0 Å². The van der Waals surface area contributed by atoms with Gasteiger partial charge >= 0.3 is 0 Å². The summed E-state index contributed by atoms with van der Waals surface area (Å²) in [6.45, 7) is 0.950. The van der Waals surface area contributed by atoms with E-state index >= 15 is 0 Å². The van der Waals surface area contributed by atoms with Gasteiger partial charge in [-0.05, 0) is 66.6 Å². The second kappa shape index (κ2) is 10.7. The fraction of sp³-hybridized carbons (Fsp3) is 0.200. The number of sulfonamides is 1. The van der Waals surface area contributed by atoms with Gasteiger partial charge in [0.05, 0.1) is 11.1 Å². The minimum absolute atomic E-state index is 0.0107. The molecule has 1 aliphatic heterocycles. The fourth-order valence-corrected chi connectivity index (χ4v) is 5.09. The molecule has 1 aliphatic rings. The van der Waals surface area contributed by atoms with E-state index < -0.39 is 21.7 Å². The summed E-state index contributed by atoms with van der Waals surface area (Å²) in [7, 11) is -3.78. The molecule has 0 saturated carbocycles. The first-order valence-corrected chi connectivity index (χ1v) is 12.4. The number of halogens is 2. The van der Waals surface area contributed by atoms with E-state index in [9.17, 15) is 22.0 Å². The predicted molar refractivity (Wildman–Crippen MR) is 126 cm³/mol. The lowest BCUT2D eigenvalue weighted by atomic mass is 10.2. The molecule has 1 aromatic heterocycles. The standard InChI is InChI=1S/C25H23F2N3O4S/c26-20-6-8-22(9-7-20)35(32,33)30-14-2-13-29(15-16-30)25(31)11-5-19-4-10-24(23(27)17-19)34-21-3-1-12-28-18-21/h1,3-12,17-18H,2,13-16H2/b11-5+. The maximum absolute atomic E-state index is 14.4. The van der Waals surface area contributed by atoms with Crippen molar-refractivity contribution in [3.63, 3.8) is 0 Å². The van der Waals surface area contributed by atoms with E-state index in [2.05, 4.69) is 4.98 Å². The normalized spacial score (nSPS) is 15.2. The lowest BCUT2D eigenvalue weighted by Gasteiger charge is -2.21. The first-order valence-electron chi connectivity index (χ1n) is 10.9. The molecule has 0 N–H and O–H groups in total. The monoisotopic (exact) mass is 499 g/mol. The van der Waals surface area contributed by atoms with Gasteiger partial charge in [0, 0.05) is 38.5 Å². The Morgan fingerprint density at radius 3 is 2.51 bits per heavy atom. The van der Waals surface area contributed by atoms with E-state index in [0.29, 0.717) is 24.3 Å². The fourth-order valence-electron chi connectivity index (χ4n) is 3.62. The smallest absolute Gasteiger partial charge is 0.246 e. The highest BCUT2D eigenvalue weighted by Crippen LogP contribution is 2.25. The van der Waals surface area contributed by atoms with E-state index in [1.807, 2.05) is 0 Å². The van der Waals surface area contributed by atoms with Gasteiger partial charge in [-0.3, -0.25) is 9.78 Å². The zero-order chi connectivity index (χ0) is 24.8. The number of ether oxygens (including phenoxy) is 1. The van der Waals surface area contributed by atoms with Crippen LogP contribution in [0.3, 0.4) is 0 Å². The van der Waals surface area contributed by atoms with Crippen molar-refractivity contribution < 1.29 is 26.7 Å². The largest absolute Gasteiger partial charge is 0.453 e. The van der Waals surface area contributed by atoms with Crippen molar-refractivity contribution in [2.24, 2.45) is 0 Å². The van der Waals surface area contributed by atoms with Crippen LogP contribution in [0.15, 0.2) is 78.0 Å². The second-order valence-corrected chi connectivity index (χ2v) is 9.79. The summed E-state index contributed by atoms with van der Waals surface area (Å²) in [5, 5.41) is 0. The Morgan fingerprint density at radius 1 is 1.00 bits per heavy atom. The average molecular weight is 500 g/mol. The number of hydrogen-bond acceptors (Lipinski definition) is 5. The molecule has 0 spiro atoms. The van der Waals surface area contributed by atoms with Gasteiger partial charge < -0.3 is 9.64 Å². The molecule has 0 radical (unpaired) electrons. The van der Waals surface area contributed by atoms with Crippen LogP contribution in [0.1, 0.15) is 12.0 Å². The van der Waals surface area contributed by atoms with E-state index in [-0.39, 0.29) is 36.2 Å². The van der Waals surface area contributed by atoms with E-state index in [1.165, 1.54) is 46.9 Å². The first-order chi connectivity index (χ1) is 16.8. The molecule has 0 unspecified atom stereocenters. The van der Waals surface area contributed by atoms with Crippen LogP contribution in [0.4, 0.5) is 8.78 Å². The highest BCUT2D eigenvalue weighted by atomic mass is 32.2. The summed E-state index contributed by atoms with van der Waals surface area (Å²) in [4.78, 5) is 18.2. The van der Waals surface area contributed by atoms with Crippen molar-refractivity contribution in [3.8, 4) is 11.5 Å². The molecular formula is C25H23F2N3O4S. The van der Waals surface area contributed by atoms with Gasteiger partial charge in [0.1, 0.15) is 11.6 Å². The number of amides is 1. The predicted octanol–water partition coefficient (Wildman–Crippen LogP) is 4.09. The summed E-state index contributed by atoms with van der Waals surface area (Å²) in [5.74, 6) is -0.959. The molecule has 0 bridgehead atoms. The van der Waals surface area contributed by atoms with Gasteiger partial charge in [0.2, 0.25) is 15.9 Å². The summed E-state index contributed by atoms with van der Waals surface area (Å²) >= 11 is 0. The molecule has 182 valence electrons. The van der Waals surface area contributed by atoms with E-state index in [1.54, 1.807) is 29.3 Å². The van der Waals surface area contributed by atoms with Gasteiger partial charge in [-0.2, -0.15) is 4.31 Å². The Bertz CT molecular complexity index is 1320. The maximum atomic E-state index is 14.4. The van der Waals surface area contributed by atoms with Crippen molar-refractivity contribution in [1.29, 1.82) is 0 Å². The van der Waals surface area contributed by atoms with Crippen LogP contribution in [0.5, 0.6) is 11.5 Å². The summed E-state index contributed by atoms with van der Waals surface area (Å²) in [6, 6.07) is 12.4. The molecule has 4 rings (SSSR count). The van der Waals surface area contributed by atoms with E-state index in [0.717, 1.165) is 12.1 Å². The lowest BCUT2D eigenvalue weighted by Crippen LogP contribution is -2.36. The molecule has 2 aromatic carbocycles. The lowest BCUT2D eigenvalue weighted by molar-refractivity contribution is -0.125. The number of aromatic nitrogens is 1. The number of rotatable bonds is 6. The Balaban J connectivity index is 1.37.